The second-order valence-corrected chi connectivity index (χ2v) is 5.04. The summed E-state index contributed by atoms with van der Waals surface area (Å²) in [4.78, 5) is 11.3. The van der Waals surface area contributed by atoms with Gasteiger partial charge in [-0.3, -0.25) is 4.79 Å². The van der Waals surface area contributed by atoms with Gasteiger partial charge in [0.25, 0.3) is 5.91 Å². The van der Waals surface area contributed by atoms with E-state index in [0.717, 1.165) is 24.7 Å². The number of primary amides is 1. The highest BCUT2D eigenvalue weighted by Gasteiger charge is 2.32. The average molecular weight is 234 g/mol. The summed E-state index contributed by atoms with van der Waals surface area (Å²) >= 11 is 0. The molecular weight excluding hydrogens is 216 g/mol. The molecule has 1 atom stereocenters. The number of nitrogens with zero attached hydrogens (tertiary/aromatic N) is 2. The zero-order valence-electron chi connectivity index (χ0n) is 9.85. The Hall–Kier alpha value is -1.52. The van der Waals surface area contributed by atoms with Crippen LogP contribution in [0.15, 0.2) is 6.20 Å². The van der Waals surface area contributed by atoms with Gasteiger partial charge in [-0.2, -0.15) is 5.10 Å². The number of hydrogen-bond acceptors (Lipinski definition) is 3. The van der Waals surface area contributed by atoms with Crippen LogP contribution in [0.2, 0.25) is 0 Å². The van der Waals surface area contributed by atoms with Crippen LogP contribution in [0.3, 0.4) is 0 Å². The molecule has 3 N–H and O–H groups in total. The summed E-state index contributed by atoms with van der Waals surface area (Å²) in [5.41, 5.74) is 5.87. The van der Waals surface area contributed by atoms with Crippen LogP contribution < -0.4 is 11.1 Å². The molecule has 1 aromatic heterocycles. The highest BCUT2D eigenvalue weighted by atomic mass is 16.1. The van der Waals surface area contributed by atoms with E-state index in [1.807, 2.05) is 4.68 Å². The van der Waals surface area contributed by atoms with Crippen molar-refractivity contribution in [2.45, 2.75) is 38.1 Å². The van der Waals surface area contributed by atoms with Crippen molar-refractivity contribution in [3.63, 3.8) is 0 Å². The number of carbonyl (C=O) groups is 1. The van der Waals surface area contributed by atoms with Gasteiger partial charge in [0.15, 0.2) is 0 Å². The van der Waals surface area contributed by atoms with Crippen LogP contribution in [0.1, 0.15) is 48.5 Å². The lowest BCUT2D eigenvalue weighted by atomic mass is 9.94. The Morgan fingerprint density at radius 1 is 1.41 bits per heavy atom. The van der Waals surface area contributed by atoms with E-state index in [-0.39, 0.29) is 0 Å². The average Bonchev–Trinajstić information content (AvgIpc) is 2.97. The fourth-order valence-corrected chi connectivity index (χ4v) is 3.21. The molecule has 5 nitrogen and oxygen atoms in total. The van der Waals surface area contributed by atoms with Crippen LogP contribution >= 0.6 is 0 Å². The van der Waals surface area contributed by atoms with Gasteiger partial charge in [0, 0.05) is 6.54 Å². The molecule has 0 aromatic carbocycles. The summed E-state index contributed by atoms with van der Waals surface area (Å²) in [6.45, 7) is 0.910. The zero-order chi connectivity index (χ0) is 11.8. The first kappa shape index (κ1) is 10.6. The second-order valence-electron chi connectivity index (χ2n) is 5.04. The Labute approximate surface area is 100 Å². The molecule has 1 aromatic rings. The van der Waals surface area contributed by atoms with Crippen molar-refractivity contribution >= 4 is 11.7 Å². The van der Waals surface area contributed by atoms with Crippen LogP contribution in [-0.2, 0) is 0 Å². The molecule has 0 spiro atoms. The minimum atomic E-state index is -0.397. The predicted octanol–water partition coefficient (Wildman–Crippen LogP) is 1.53. The number of fused-ring (bicyclic) bond motifs is 1. The number of rotatable bonds is 2. The second kappa shape index (κ2) is 4.05. The Bertz CT molecular complexity index is 434. The molecule has 0 bridgehead atoms. The Morgan fingerprint density at radius 2 is 2.18 bits per heavy atom. The lowest BCUT2D eigenvalue weighted by Crippen LogP contribution is -2.29. The van der Waals surface area contributed by atoms with E-state index in [9.17, 15) is 4.79 Å². The van der Waals surface area contributed by atoms with E-state index < -0.39 is 5.91 Å². The largest absolute Gasteiger partial charge is 0.370 e. The Balaban J connectivity index is 1.94. The summed E-state index contributed by atoms with van der Waals surface area (Å²) in [6, 6.07) is 0.446. The smallest absolute Gasteiger partial charge is 0.254 e. The quantitative estimate of drug-likeness (QED) is 0.815. The zero-order valence-corrected chi connectivity index (χ0v) is 9.85. The van der Waals surface area contributed by atoms with Crippen LogP contribution in [0.5, 0.6) is 0 Å². The number of amides is 1. The first-order valence-electron chi connectivity index (χ1n) is 6.38. The Morgan fingerprint density at radius 3 is 2.88 bits per heavy atom. The van der Waals surface area contributed by atoms with Crippen molar-refractivity contribution in [1.82, 2.24) is 9.78 Å². The van der Waals surface area contributed by atoms with Crippen LogP contribution in [0.25, 0.3) is 0 Å². The third kappa shape index (κ3) is 1.69. The van der Waals surface area contributed by atoms with Gasteiger partial charge in [-0.15, -0.1) is 0 Å². The number of nitrogens with two attached hydrogens (primary N) is 1. The van der Waals surface area contributed by atoms with E-state index >= 15 is 0 Å². The number of nitrogens with one attached hydrogen (secondary N) is 1. The van der Waals surface area contributed by atoms with Gasteiger partial charge in [-0.25, -0.2) is 4.68 Å². The van der Waals surface area contributed by atoms with Crippen molar-refractivity contribution in [3.05, 3.63) is 11.8 Å². The molecule has 1 fully saturated rings. The fourth-order valence-electron chi connectivity index (χ4n) is 3.21. The molecular formula is C12H18N4O. The number of aromatic nitrogens is 2. The molecule has 1 unspecified atom stereocenters. The molecule has 1 aliphatic heterocycles. The molecule has 1 saturated carbocycles. The van der Waals surface area contributed by atoms with Gasteiger partial charge in [-0.05, 0) is 25.2 Å². The van der Waals surface area contributed by atoms with Gasteiger partial charge in [0.2, 0.25) is 0 Å². The molecule has 0 radical (unpaired) electrons. The lowest BCUT2D eigenvalue weighted by Gasteiger charge is -2.30. The SMILES string of the molecule is NC(=O)c1cnn2c1NCCC2C1CCCC1. The van der Waals surface area contributed by atoms with Crippen molar-refractivity contribution < 1.29 is 4.79 Å². The molecule has 17 heavy (non-hydrogen) atoms. The van der Waals surface area contributed by atoms with E-state index in [1.165, 1.54) is 25.7 Å². The van der Waals surface area contributed by atoms with Gasteiger partial charge in [-0.1, -0.05) is 12.8 Å². The van der Waals surface area contributed by atoms with Gasteiger partial charge in [0.1, 0.15) is 11.4 Å². The first-order chi connectivity index (χ1) is 8.27. The first-order valence-corrected chi connectivity index (χ1v) is 6.38. The van der Waals surface area contributed by atoms with Crippen LogP contribution in [0.4, 0.5) is 5.82 Å². The molecule has 92 valence electrons. The number of carbonyl (C=O) groups excluding carboxylic acids is 1. The Kier molecular flexibility index (Phi) is 2.53. The van der Waals surface area contributed by atoms with Crippen LogP contribution in [0, 0.1) is 5.92 Å². The van der Waals surface area contributed by atoms with Gasteiger partial charge >= 0.3 is 0 Å². The lowest BCUT2D eigenvalue weighted by molar-refractivity contribution is 0.100. The molecule has 1 amide bonds. The molecule has 0 saturated heterocycles. The fraction of sp³-hybridized carbons (Fsp3) is 0.667. The number of anilines is 1. The van der Waals surface area contributed by atoms with Crippen molar-refractivity contribution in [2.24, 2.45) is 11.7 Å². The summed E-state index contributed by atoms with van der Waals surface area (Å²) < 4.78 is 1.99. The highest BCUT2D eigenvalue weighted by molar-refractivity contribution is 5.97. The maximum atomic E-state index is 11.3. The van der Waals surface area contributed by atoms with Crippen molar-refractivity contribution in [3.8, 4) is 0 Å². The van der Waals surface area contributed by atoms with Gasteiger partial charge in [0.05, 0.1) is 12.2 Å². The summed E-state index contributed by atoms with van der Waals surface area (Å²) in [7, 11) is 0. The minimum Gasteiger partial charge on any atom is -0.370 e. The molecule has 2 heterocycles. The van der Waals surface area contributed by atoms with E-state index in [4.69, 9.17) is 5.73 Å². The summed E-state index contributed by atoms with van der Waals surface area (Å²) in [5, 5.41) is 7.60. The molecule has 1 aliphatic carbocycles. The molecule has 5 heteroatoms. The summed E-state index contributed by atoms with van der Waals surface area (Å²) in [5.74, 6) is 1.14. The van der Waals surface area contributed by atoms with E-state index in [0.29, 0.717) is 11.6 Å². The topological polar surface area (TPSA) is 72.9 Å². The van der Waals surface area contributed by atoms with Crippen molar-refractivity contribution in [2.75, 3.05) is 11.9 Å². The van der Waals surface area contributed by atoms with Crippen LogP contribution in [-0.4, -0.2) is 22.2 Å². The van der Waals surface area contributed by atoms with Gasteiger partial charge < -0.3 is 11.1 Å². The highest BCUT2D eigenvalue weighted by Crippen LogP contribution is 2.39. The van der Waals surface area contributed by atoms with E-state index in [1.54, 1.807) is 6.20 Å². The molecule has 3 rings (SSSR count). The summed E-state index contributed by atoms with van der Waals surface area (Å²) in [6.07, 6.45) is 7.92. The minimum absolute atomic E-state index is 0.397. The van der Waals surface area contributed by atoms with Crippen molar-refractivity contribution in [1.29, 1.82) is 0 Å². The van der Waals surface area contributed by atoms with E-state index in [2.05, 4.69) is 10.4 Å². The maximum Gasteiger partial charge on any atom is 0.254 e. The number of hydrogen-bond donors (Lipinski definition) is 2. The standard InChI is InChI=1S/C12H18N4O/c13-11(17)9-7-15-16-10(5-6-14-12(9)16)8-3-1-2-4-8/h7-8,10,14H,1-6H2,(H2,13,17). The third-order valence-electron chi connectivity index (χ3n) is 4.05. The monoisotopic (exact) mass is 234 g/mol. The molecule has 2 aliphatic rings. The maximum absolute atomic E-state index is 11.3. The third-order valence-corrected chi connectivity index (χ3v) is 4.05. The predicted molar refractivity (Wildman–Crippen MR) is 64.8 cm³/mol. The normalized spacial score (nSPS) is 24.4.